The van der Waals surface area contributed by atoms with Crippen LogP contribution in [-0.2, 0) is 23.9 Å². The van der Waals surface area contributed by atoms with E-state index >= 15 is 0 Å². The summed E-state index contributed by atoms with van der Waals surface area (Å²) >= 11 is 0. The van der Waals surface area contributed by atoms with Gasteiger partial charge in [-0.3, -0.25) is 9.59 Å². The smallest absolute Gasteiger partial charge is 0.354 e. The number of rotatable bonds is 7. The standard InChI is InChI=1S/C15H24N2O5/c1-3-21-13(19)10-12(18)16-17-14(15(20)22-4-2)11-8-6-5-7-9-11/h11H,3-10H2,1-2H3,(H,16,18)/b17-14+. The number of ether oxygens (including phenoxy) is 2. The molecule has 0 aliphatic heterocycles. The van der Waals surface area contributed by atoms with Crippen LogP contribution in [0.3, 0.4) is 0 Å². The number of hydrazone groups is 1. The van der Waals surface area contributed by atoms with Gasteiger partial charge >= 0.3 is 11.9 Å². The molecule has 22 heavy (non-hydrogen) atoms. The summed E-state index contributed by atoms with van der Waals surface area (Å²) in [6, 6.07) is 0. The number of nitrogens with zero attached hydrogens (tertiary/aromatic N) is 1. The van der Waals surface area contributed by atoms with E-state index < -0.39 is 24.3 Å². The maximum absolute atomic E-state index is 12.0. The van der Waals surface area contributed by atoms with Crippen molar-refractivity contribution in [2.45, 2.75) is 52.4 Å². The minimum Gasteiger partial charge on any atom is -0.466 e. The van der Waals surface area contributed by atoms with Gasteiger partial charge in [0.05, 0.1) is 13.2 Å². The number of nitrogens with one attached hydrogen (secondary N) is 1. The maximum Gasteiger partial charge on any atom is 0.354 e. The second-order valence-corrected chi connectivity index (χ2v) is 5.07. The van der Waals surface area contributed by atoms with Crippen molar-refractivity contribution in [2.24, 2.45) is 11.0 Å². The van der Waals surface area contributed by atoms with Crippen LogP contribution in [0.15, 0.2) is 5.10 Å². The molecule has 1 N–H and O–H groups in total. The quantitative estimate of drug-likeness (QED) is 0.333. The van der Waals surface area contributed by atoms with Crippen LogP contribution < -0.4 is 5.43 Å². The molecule has 1 aliphatic rings. The minimum absolute atomic E-state index is 0.00399. The molecule has 0 bridgehead atoms. The van der Waals surface area contributed by atoms with Crippen LogP contribution in [0.25, 0.3) is 0 Å². The van der Waals surface area contributed by atoms with E-state index in [0.717, 1.165) is 32.1 Å². The van der Waals surface area contributed by atoms with Gasteiger partial charge in [0.2, 0.25) is 0 Å². The van der Waals surface area contributed by atoms with E-state index in [-0.39, 0.29) is 24.8 Å². The highest BCUT2D eigenvalue weighted by molar-refractivity contribution is 6.37. The normalized spacial score (nSPS) is 16.0. The first kappa shape index (κ1) is 18.1. The third-order valence-corrected chi connectivity index (χ3v) is 3.39. The lowest BCUT2D eigenvalue weighted by atomic mass is 9.86. The molecule has 1 aliphatic carbocycles. The molecular weight excluding hydrogens is 288 g/mol. The minimum atomic E-state index is -0.620. The van der Waals surface area contributed by atoms with Crippen LogP contribution in [0.2, 0.25) is 0 Å². The molecule has 0 aromatic heterocycles. The lowest BCUT2D eigenvalue weighted by molar-refractivity contribution is -0.146. The summed E-state index contributed by atoms with van der Waals surface area (Å²) in [5.74, 6) is -1.73. The molecule has 1 amide bonds. The van der Waals surface area contributed by atoms with Gasteiger partial charge in [-0.15, -0.1) is 0 Å². The Bertz CT molecular complexity index is 428. The van der Waals surface area contributed by atoms with Crippen LogP contribution >= 0.6 is 0 Å². The molecular formula is C15H24N2O5. The van der Waals surface area contributed by atoms with Gasteiger partial charge in [-0.25, -0.2) is 10.2 Å². The molecule has 124 valence electrons. The van der Waals surface area contributed by atoms with E-state index in [1.807, 2.05) is 0 Å². The Morgan fingerprint density at radius 2 is 1.68 bits per heavy atom. The Morgan fingerprint density at radius 1 is 1.05 bits per heavy atom. The van der Waals surface area contributed by atoms with Crippen LogP contribution in [0.4, 0.5) is 0 Å². The molecule has 0 unspecified atom stereocenters. The molecule has 0 radical (unpaired) electrons. The van der Waals surface area contributed by atoms with Gasteiger partial charge in [0, 0.05) is 5.92 Å². The SMILES string of the molecule is CCOC(=O)CC(=O)N/N=C(/C(=O)OCC)C1CCCCC1. The molecule has 1 rings (SSSR count). The Labute approximate surface area is 130 Å². The summed E-state index contributed by atoms with van der Waals surface area (Å²) in [5, 5.41) is 3.91. The molecule has 0 saturated heterocycles. The summed E-state index contributed by atoms with van der Waals surface area (Å²) in [4.78, 5) is 34.8. The third-order valence-electron chi connectivity index (χ3n) is 3.39. The molecule has 7 heteroatoms. The van der Waals surface area contributed by atoms with Crippen molar-refractivity contribution < 1.29 is 23.9 Å². The summed E-state index contributed by atoms with van der Waals surface area (Å²) in [7, 11) is 0. The lowest BCUT2D eigenvalue weighted by Crippen LogP contribution is -2.32. The van der Waals surface area contributed by atoms with E-state index in [2.05, 4.69) is 15.3 Å². The van der Waals surface area contributed by atoms with Crippen molar-refractivity contribution in [2.75, 3.05) is 13.2 Å². The van der Waals surface area contributed by atoms with E-state index in [1.54, 1.807) is 13.8 Å². The van der Waals surface area contributed by atoms with Gasteiger partial charge in [-0.05, 0) is 26.7 Å². The van der Waals surface area contributed by atoms with Crippen LogP contribution in [-0.4, -0.2) is 36.8 Å². The zero-order valence-electron chi connectivity index (χ0n) is 13.2. The Morgan fingerprint density at radius 3 is 2.27 bits per heavy atom. The van der Waals surface area contributed by atoms with Gasteiger partial charge in [0.1, 0.15) is 12.1 Å². The van der Waals surface area contributed by atoms with Crippen molar-refractivity contribution in [3.63, 3.8) is 0 Å². The second kappa shape index (κ2) is 9.92. The fourth-order valence-electron chi connectivity index (χ4n) is 2.39. The molecule has 0 aromatic carbocycles. The number of esters is 2. The number of hydrogen-bond acceptors (Lipinski definition) is 6. The number of amides is 1. The predicted molar refractivity (Wildman–Crippen MR) is 80.0 cm³/mol. The monoisotopic (exact) mass is 312 g/mol. The van der Waals surface area contributed by atoms with E-state index in [4.69, 9.17) is 4.74 Å². The molecule has 1 saturated carbocycles. The van der Waals surface area contributed by atoms with Crippen molar-refractivity contribution >= 4 is 23.6 Å². The van der Waals surface area contributed by atoms with Gasteiger partial charge < -0.3 is 9.47 Å². The van der Waals surface area contributed by atoms with E-state index in [1.165, 1.54) is 0 Å². The molecule has 0 spiro atoms. The van der Waals surface area contributed by atoms with Crippen molar-refractivity contribution in [1.82, 2.24) is 5.43 Å². The number of hydrogen-bond donors (Lipinski definition) is 1. The predicted octanol–water partition coefficient (Wildman–Crippen LogP) is 1.56. The number of carbonyl (C=O) groups is 3. The Hall–Kier alpha value is -1.92. The highest BCUT2D eigenvalue weighted by Gasteiger charge is 2.26. The summed E-state index contributed by atoms with van der Waals surface area (Å²) in [6.45, 7) is 3.85. The highest BCUT2D eigenvalue weighted by atomic mass is 16.5. The fourth-order valence-corrected chi connectivity index (χ4v) is 2.39. The van der Waals surface area contributed by atoms with E-state index in [0.29, 0.717) is 0 Å². The van der Waals surface area contributed by atoms with Crippen LogP contribution in [0.5, 0.6) is 0 Å². The molecule has 0 heterocycles. The van der Waals surface area contributed by atoms with E-state index in [9.17, 15) is 14.4 Å². The van der Waals surface area contributed by atoms with Gasteiger partial charge in [0.15, 0.2) is 0 Å². The zero-order valence-corrected chi connectivity index (χ0v) is 13.2. The zero-order chi connectivity index (χ0) is 16.4. The molecule has 0 atom stereocenters. The van der Waals surface area contributed by atoms with Gasteiger partial charge in [-0.1, -0.05) is 19.3 Å². The lowest BCUT2D eigenvalue weighted by Gasteiger charge is -2.22. The molecule has 0 aromatic rings. The van der Waals surface area contributed by atoms with Gasteiger partial charge in [-0.2, -0.15) is 5.10 Å². The summed E-state index contributed by atoms with van der Waals surface area (Å²) in [5.41, 5.74) is 2.49. The van der Waals surface area contributed by atoms with Gasteiger partial charge in [0.25, 0.3) is 5.91 Å². The van der Waals surface area contributed by atoms with Crippen molar-refractivity contribution in [3.05, 3.63) is 0 Å². The first-order valence-corrected chi connectivity index (χ1v) is 7.77. The summed E-state index contributed by atoms with van der Waals surface area (Å²) < 4.78 is 9.68. The summed E-state index contributed by atoms with van der Waals surface area (Å²) in [6.07, 6.45) is 4.48. The first-order valence-electron chi connectivity index (χ1n) is 7.77. The fraction of sp³-hybridized carbons (Fsp3) is 0.733. The Balaban J connectivity index is 2.66. The average molecular weight is 312 g/mol. The van der Waals surface area contributed by atoms with Crippen molar-refractivity contribution in [3.8, 4) is 0 Å². The maximum atomic E-state index is 12.0. The van der Waals surface area contributed by atoms with Crippen LogP contribution in [0.1, 0.15) is 52.4 Å². The number of carbonyl (C=O) groups excluding carboxylic acids is 3. The molecule has 1 fully saturated rings. The topological polar surface area (TPSA) is 94.1 Å². The largest absolute Gasteiger partial charge is 0.466 e. The highest BCUT2D eigenvalue weighted by Crippen LogP contribution is 2.25. The average Bonchev–Trinajstić information content (AvgIpc) is 2.49. The Kier molecular flexibility index (Phi) is 8.17. The van der Waals surface area contributed by atoms with Crippen LogP contribution in [0, 0.1) is 5.92 Å². The molecule has 7 nitrogen and oxygen atoms in total. The third kappa shape index (κ3) is 6.24. The first-order chi connectivity index (χ1) is 10.6. The second-order valence-electron chi connectivity index (χ2n) is 5.07. The van der Waals surface area contributed by atoms with Crippen molar-refractivity contribution in [1.29, 1.82) is 0 Å².